The largest absolute Gasteiger partial charge is 0.368 e. The van der Waals surface area contributed by atoms with Crippen LogP contribution in [0.5, 0.6) is 0 Å². The van der Waals surface area contributed by atoms with Gasteiger partial charge in [-0.3, -0.25) is 0 Å². The van der Waals surface area contributed by atoms with Crippen molar-refractivity contribution in [3.8, 4) is 0 Å². The summed E-state index contributed by atoms with van der Waals surface area (Å²) < 4.78 is 46.4. The molecule has 3 aromatic rings. The third-order valence-corrected chi connectivity index (χ3v) is 8.60. The van der Waals surface area contributed by atoms with Crippen molar-refractivity contribution in [3.05, 3.63) is 108 Å². The smallest absolute Gasteiger partial charge is 0.189 e. The van der Waals surface area contributed by atoms with Crippen LogP contribution in [0, 0.1) is 0 Å². The van der Waals surface area contributed by atoms with Crippen LogP contribution in [0.3, 0.4) is 0 Å². The molecule has 2 aliphatic heterocycles. The fourth-order valence-electron chi connectivity index (χ4n) is 5.73. The molecule has 2 saturated heterocycles. The molecule has 0 saturated carbocycles. The van der Waals surface area contributed by atoms with Gasteiger partial charge in [0.25, 0.3) is 0 Å². The van der Waals surface area contributed by atoms with Crippen molar-refractivity contribution in [2.45, 2.75) is 82.2 Å². The fraction of sp³-hybridized carbons (Fsp3) is 0.471. The Kier molecular flexibility index (Phi) is 11.1. The normalized spacial score (nSPS) is 29.0. The van der Waals surface area contributed by atoms with E-state index < -0.39 is 29.9 Å². The number of ether oxygens (including phenoxy) is 7. The number of alkyl halides is 1. The van der Waals surface area contributed by atoms with Crippen molar-refractivity contribution in [2.24, 2.45) is 0 Å². The van der Waals surface area contributed by atoms with Crippen LogP contribution in [0.4, 0.5) is 0 Å². The first kappa shape index (κ1) is 31.5. The Morgan fingerprint density at radius 1 is 0.786 bits per heavy atom. The SMILES string of the molecule is CO[C@H]1O[C@H](CI)[C@@H](OCc2ccccc2)[C@H](OCc2ccccc2)[C@]1(C[C@@H]1COC(C)(C)O1)OCc1ccccc1. The predicted molar refractivity (Wildman–Crippen MR) is 168 cm³/mol. The van der Waals surface area contributed by atoms with E-state index in [0.29, 0.717) is 37.3 Å². The number of rotatable bonds is 13. The molecule has 6 atom stereocenters. The molecule has 0 spiro atoms. The zero-order chi connectivity index (χ0) is 29.4. The molecular weight excluding hydrogens is 647 g/mol. The van der Waals surface area contributed by atoms with Gasteiger partial charge in [-0.05, 0) is 30.5 Å². The van der Waals surface area contributed by atoms with Crippen molar-refractivity contribution in [3.63, 3.8) is 0 Å². The average Bonchev–Trinajstić information content (AvgIpc) is 3.37. The molecule has 2 aliphatic rings. The van der Waals surface area contributed by atoms with Gasteiger partial charge in [0.05, 0.1) is 38.6 Å². The Labute approximate surface area is 262 Å². The van der Waals surface area contributed by atoms with Crippen molar-refractivity contribution in [2.75, 3.05) is 18.1 Å². The molecule has 3 aromatic carbocycles. The van der Waals surface area contributed by atoms with Crippen LogP contribution in [-0.4, -0.2) is 60.2 Å². The van der Waals surface area contributed by atoms with Crippen LogP contribution in [0.25, 0.3) is 0 Å². The lowest BCUT2D eigenvalue weighted by molar-refractivity contribution is -0.361. The van der Waals surface area contributed by atoms with Crippen LogP contribution in [-0.2, 0) is 53.0 Å². The van der Waals surface area contributed by atoms with Crippen LogP contribution >= 0.6 is 22.6 Å². The zero-order valence-corrected chi connectivity index (χ0v) is 26.7. The van der Waals surface area contributed by atoms with Gasteiger partial charge in [-0.25, -0.2) is 0 Å². The first-order valence-corrected chi connectivity index (χ1v) is 16.0. The number of halogens is 1. The van der Waals surface area contributed by atoms with Gasteiger partial charge >= 0.3 is 0 Å². The molecule has 5 rings (SSSR count). The van der Waals surface area contributed by atoms with E-state index in [4.69, 9.17) is 33.2 Å². The maximum Gasteiger partial charge on any atom is 0.189 e. The topological polar surface area (TPSA) is 64.6 Å². The first-order chi connectivity index (χ1) is 20.4. The summed E-state index contributed by atoms with van der Waals surface area (Å²) in [6.45, 7) is 5.41. The van der Waals surface area contributed by atoms with Crippen LogP contribution in [0.1, 0.15) is 37.0 Å². The van der Waals surface area contributed by atoms with E-state index in [1.807, 2.05) is 80.6 Å². The molecule has 42 heavy (non-hydrogen) atoms. The zero-order valence-electron chi connectivity index (χ0n) is 24.5. The molecule has 0 amide bonds. The second-order valence-electron chi connectivity index (χ2n) is 11.3. The van der Waals surface area contributed by atoms with Gasteiger partial charge in [-0.2, -0.15) is 0 Å². The molecule has 2 fully saturated rings. The van der Waals surface area contributed by atoms with E-state index in [1.54, 1.807) is 7.11 Å². The molecule has 0 aromatic heterocycles. The Morgan fingerprint density at radius 2 is 1.33 bits per heavy atom. The number of methoxy groups -OCH3 is 1. The van der Waals surface area contributed by atoms with Gasteiger partial charge in [0, 0.05) is 18.0 Å². The summed E-state index contributed by atoms with van der Waals surface area (Å²) in [6.07, 6.45) is -1.83. The Morgan fingerprint density at radius 3 is 1.83 bits per heavy atom. The van der Waals surface area contributed by atoms with Crippen LogP contribution in [0.15, 0.2) is 91.0 Å². The van der Waals surface area contributed by atoms with E-state index in [1.165, 1.54) is 0 Å². The molecule has 0 aliphatic carbocycles. The summed E-state index contributed by atoms with van der Waals surface area (Å²) in [4.78, 5) is 0. The van der Waals surface area contributed by atoms with Crippen molar-refractivity contribution in [1.82, 2.24) is 0 Å². The van der Waals surface area contributed by atoms with Gasteiger partial charge < -0.3 is 33.2 Å². The molecular formula is C34H41IO7. The lowest BCUT2D eigenvalue weighted by atomic mass is 9.81. The molecule has 0 bridgehead atoms. The van der Waals surface area contributed by atoms with Gasteiger partial charge in [0.2, 0.25) is 0 Å². The Balaban J connectivity index is 1.53. The van der Waals surface area contributed by atoms with Crippen molar-refractivity contribution < 1.29 is 33.2 Å². The highest BCUT2D eigenvalue weighted by Crippen LogP contribution is 2.44. The minimum absolute atomic E-state index is 0.259. The number of benzene rings is 3. The maximum absolute atomic E-state index is 6.97. The minimum atomic E-state index is -1.07. The van der Waals surface area contributed by atoms with Crippen LogP contribution in [0.2, 0.25) is 0 Å². The van der Waals surface area contributed by atoms with E-state index in [-0.39, 0.29) is 12.2 Å². The van der Waals surface area contributed by atoms with Crippen molar-refractivity contribution in [1.29, 1.82) is 0 Å². The highest BCUT2D eigenvalue weighted by molar-refractivity contribution is 14.1. The standard InChI is InChI=1S/C34H41IO7/c1-33(2)39-24-28(42-33)19-34(40-23-27-17-11-6-12-18-27)31(38-22-26-15-9-5-10-16-26)30(29(20-35)41-32(34)36-3)37-21-25-13-7-4-8-14-25/h4-18,28-32H,19-24H2,1-3H3/t28-,29-,30-,31+,32+,34+/m1/s1. The Bertz CT molecular complexity index is 1210. The number of hydrogen-bond donors (Lipinski definition) is 0. The third-order valence-electron chi connectivity index (χ3n) is 7.73. The highest BCUT2D eigenvalue weighted by atomic mass is 127. The Hall–Kier alpha value is -1.89. The van der Waals surface area contributed by atoms with Gasteiger partial charge in [-0.1, -0.05) is 114 Å². The van der Waals surface area contributed by atoms with Gasteiger partial charge in [-0.15, -0.1) is 0 Å². The summed E-state index contributed by atoms with van der Waals surface area (Å²) >= 11 is 2.35. The fourth-order valence-corrected chi connectivity index (χ4v) is 6.44. The lowest BCUT2D eigenvalue weighted by Gasteiger charge is -2.53. The summed E-state index contributed by atoms with van der Waals surface area (Å²) in [5.41, 5.74) is 2.10. The van der Waals surface area contributed by atoms with E-state index in [9.17, 15) is 0 Å². The third kappa shape index (κ3) is 7.78. The average molecular weight is 689 g/mol. The summed E-state index contributed by atoms with van der Waals surface area (Å²) in [5, 5.41) is 0. The molecule has 8 heteroatoms. The van der Waals surface area contributed by atoms with E-state index in [2.05, 4.69) is 46.9 Å². The quantitative estimate of drug-likeness (QED) is 0.151. The first-order valence-electron chi connectivity index (χ1n) is 14.5. The maximum atomic E-state index is 6.97. The molecule has 2 heterocycles. The van der Waals surface area contributed by atoms with Gasteiger partial charge in [0.1, 0.15) is 12.2 Å². The second-order valence-corrected chi connectivity index (χ2v) is 12.1. The molecule has 226 valence electrons. The molecule has 7 nitrogen and oxygen atoms in total. The minimum Gasteiger partial charge on any atom is -0.368 e. The van der Waals surface area contributed by atoms with Gasteiger partial charge in [0.15, 0.2) is 17.7 Å². The predicted octanol–water partition coefficient (Wildman–Crippen LogP) is 6.46. The lowest BCUT2D eigenvalue weighted by Crippen LogP contribution is -2.69. The highest BCUT2D eigenvalue weighted by Gasteiger charge is 2.60. The monoisotopic (exact) mass is 688 g/mol. The summed E-state index contributed by atoms with van der Waals surface area (Å²) in [7, 11) is 1.66. The van der Waals surface area contributed by atoms with E-state index >= 15 is 0 Å². The molecule has 0 radical (unpaired) electrons. The number of hydrogen-bond acceptors (Lipinski definition) is 7. The second kappa shape index (κ2) is 14.7. The summed E-state index contributed by atoms with van der Waals surface area (Å²) in [6, 6.07) is 30.4. The summed E-state index contributed by atoms with van der Waals surface area (Å²) in [5.74, 6) is -0.697. The van der Waals surface area contributed by atoms with E-state index in [0.717, 1.165) is 16.7 Å². The van der Waals surface area contributed by atoms with Crippen LogP contribution < -0.4 is 0 Å². The van der Waals surface area contributed by atoms with Crippen molar-refractivity contribution >= 4 is 22.6 Å². The molecule has 0 N–H and O–H groups in total. The molecule has 0 unspecified atom stereocenters.